The van der Waals surface area contributed by atoms with Gasteiger partial charge in [0.15, 0.2) is 0 Å². The van der Waals surface area contributed by atoms with Gasteiger partial charge in [-0.15, -0.1) is 0 Å². The number of amides is 1. The number of carbonyl (C=O) groups excluding carboxylic acids is 1. The van der Waals surface area contributed by atoms with E-state index >= 15 is 0 Å². The Morgan fingerprint density at radius 1 is 1.12 bits per heavy atom. The molecule has 0 atom stereocenters. The van der Waals surface area contributed by atoms with Crippen molar-refractivity contribution in [1.29, 1.82) is 0 Å². The monoisotopic (exact) mass is 357 g/mol. The van der Waals surface area contributed by atoms with Gasteiger partial charge in [-0.2, -0.15) is 0 Å². The van der Waals surface area contributed by atoms with Gasteiger partial charge in [-0.05, 0) is 42.0 Å². The maximum absolute atomic E-state index is 13.3. The highest BCUT2D eigenvalue weighted by atomic mass is 19.1. The van der Waals surface area contributed by atoms with Gasteiger partial charge in [-0.25, -0.2) is 4.39 Å². The molecule has 3 rings (SSSR count). The van der Waals surface area contributed by atoms with E-state index in [1.165, 1.54) is 12.1 Å². The van der Waals surface area contributed by atoms with Gasteiger partial charge >= 0.3 is 0 Å². The third-order valence-electron chi connectivity index (χ3n) is 4.68. The molecule has 1 saturated heterocycles. The normalized spacial score (nSPS) is 15.1. The smallest absolute Gasteiger partial charge is 0.236 e. The van der Waals surface area contributed by atoms with Crippen molar-refractivity contribution in [2.24, 2.45) is 0 Å². The molecule has 0 radical (unpaired) electrons. The molecule has 0 spiro atoms. The first-order chi connectivity index (χ1) is 12.5. The van der Waals surface area contributed by atoms with Gasteiger partial charge < -0.3 is 14.9 Å². The Hall–Kier alpha value is -2.60. The summed E-state index contributed by atoms with van der Waals surface area (Å²) in [6.45, 7) is 4.07. The van der Waals surface area contributed by atoms with Crippen molar-refractivity contribution in [2.45, 2.75) is 6.54 Å². The van der Waals surface area contributed by atoms with Crippen LogP contribution < -0.4 is 4.90 Å². The van der Waals surface area contributed by atoms with Crippen LogP contribution in [0.4, 0.5) is 10.1 Å². The predicted molar refractivity (Wildman–Crippen MR) is 99.6 cm³/mol. The summed E-state index contributed by atoms with van der Waals surface area (Å²) in [5.74, 6) is 0.0142. The zero-order chi connectivity index (χ0) is 18.5. The minimum atomic E-state index is -0.284. The largest absolute Gasteiger partial charge is 0.508 e. The zero-order valence-corrected chi connectivity index (χ0v) is 14.9. The van der Waals surface area contributed by atoms with Gasteiger partial charge in [0.25, 0.3) is 0 Å². The van der Waals surface area contributed by atoms with Crippen LogP contribution in [0.2, 0.25) is 0 Å². The fourth-order valence-electron chi connectivity index (χ4n) is 3.14. The summed E-state index contributed by atoms with van der Waals surface area (Å²) in [7, 11) is 1.75. The van der Waals surface area contributed by atoms with Gasteiger partial charge in [0.2, 0.25) is 5.91 Å². The quantitative estimate of drug-likeness (QED) is 0.892. The number of likely N-dealkylation sites (N-methyl/N-ethyl adjacent to an activating group) is 1. The summed E-state index contributed by atoms with van der Waals surface area (Å²) in [6, 6.07) is 13.5. The lowest BCUT2D eigenvalue weighted by Gasteiger charge is -2.36. The Bertz CT molecular complexity index is 743. The fraction of sp³-hybridized carbons (Fsp3) is 0.350. The SMILES string of the molecule is CN(Cc1cccc(F)c1)C(=O)CN1CCN(c2ccc(O)cc2)CC1. The Labute approximate surface area is 153 Å². The number of phenolic OH excluding ortho intramolecular Hbond substituents is 1. The van der Waals surface area contributed by atoms with Crippen molar-refractivity contribution in [1.82, 2.24) is 9.80 Å². The van der Waals surface area contributed by atoms with Crippen LogP contribution >= 0.6 is 0 Å². The molecule has 1 fully saturated rings. The topological polar surface area (TPSA) is 47.0 Å². The molecule has 0 unspecified atom stereocenters. The minimum absolute atomic E-state index is 0.0346. The van der Waals surface area contributed by atoms with Crippen LogP contribution in [0.5, 0.6) is 5.75 Å². The third-order valence-corrected chi connectivity index (χ3v) is 4.68. The minimum Gasteiger partial charge on any atom is -0.508 e. The van der Waals surface area contributed by atoms with Crippen molar-refractivity contribution < 1.29 is 14.3 Å². The van der Waals surface area contributed by atoms with Crippen molar-refractivity contribution in [3.05, 3.63) is 59.9 Å². The second-order valence-electron chi connectivity index (χ2n) is 6.66. The lowest BCUT2D eigenvalue weighted by atomic mass is 10.2. The number of anilines is 1. The van der Waals surface area contributed by atoms with Gasteiger partial charge in [-0.1, -0.05) is 12.1 Å². The number of carbonyl (C=O) groups is 1. The van der Waals surface area contributed by atoms with E-state index in [2.05, 4.69) is 9.80 Å². The Balaban J connectivity index is 1.47. The predicted octanol–water partition coefficient (Wildman–Crippen LogP) is 2.31. The van der Waals surface area contributed by atoms with E-state index < -0.39 is 0 Å². The van der Waals surface area contributed by atoms with Crippen molar-refractivity contribution in [3.8, 4) is 5.75 Å². The molecule has 0 aliphatic carbocycles. The Morgan fingerprint density at radius 2 is 1.81 bits per heavy atom. The Morgan fingerprint density at radius 3 is 2.46 bits per heavy atom. The first kappa shape index (κ1) is 18.2. The molecule has 26 heavy (non-hydrogen) atoms. The molecule has 1 heterocycles. The zero-order valence-electron chi connectivity index (χ0n) is 14.9. The molecular weight excluding hydrogens is 333 g/mol. The van der Waals surface area contributed by atoms with Crippen LogP contribution in [0.25, 0.3) is 0 Å². The van der Waals surface area contributed by atoms with E-state index in [9.17, 15) is 14.3 Å². The van der Waals surface area contributed by atoms with E-state index in [0.717, 1.165) is 37.4 Å². The highest BCUT2D eigenvalue weighted by Gasteiger charge is 2.20. The van der Waals surface area contributed by atoms with Crippen LogP contribution in [0, 0.1) is 5.82 Å². The number of aromatic hydroxyl groups is 1. The van der Waals surface area contributed by atoms with Crippen LogP contribution in [0.15, 0.2) is 48.5 Å². The van der Waals surface area contributed by atoms with Crippen LogP contribution in [0.1, 0.15) is 5.56 Å². The number of rotatable bonds is 5. The number of benzene rings is 2. The van der Waals surface area contributed by atoms with Crippen LogP contribution in [0.3, 0.4) is 0 Å². The average molecular weight is 357 g/mol. The standard InChI is InChI=1S/C20H24FN3O2/c1-22(14-16-3-2-4-17(21)13-16)20(26)15-23-9-11-24(12-10-23)18-5-7-19(25)8-6-18/h2-8,13,25H,9-12,14-15H2,1H3. The van der Waals surface area contributed by atoms with Gasteiger partial charge in [-0.3, -0.25) is 9.69 Å². The molecule has 0 aromatic heterocycles. The van der Waals surface area contributed by atoms with E-state index in [-0.39, 0.29) is 17.5 Å². The summed E-state index contributed by atoms with van der Waals surface area (Å²) in [4.78, 5) is 18.5. The third kappa shape index (κ3) is 4.73. The Kier molecular flexibility index (Phi) is 5.73. The molecule has 1 aliphatic heterocycles. The molecule has 1 aliphatic rings. The molecule has 2 aromatic rings. The molecule has 5 nitrogen and oxygen atoms in total. The first-order valence-electron chi connectivity index (χ1n) is 8.76. The first-order valence-corrected chi connectivity index (χ1v) is 8.76. The number of piperazine rings is 1. The summed E-state index contributed by atoms with van der Waals surface area (Å²) in [5, 5.41) is 9.38. The van der Waals surface area contributed by atoms with E-state index in [1.54, 1.807) is 30.1 Å². The van der Waals surface area contributed by atoms with Crippen LogP contribution in [-0.4, -0.2) is 60.6 Å². The molecule has 1 N–H and O–H groups in total. The average Bonchev–Trinajstić information content (AvgIpc) is 2.63. The molecule has 138 valence electrons. The van der Waals surface area contributed by atoms with Crippen molar-refractivity contribution >= 4 is 11.6 Å². The second kappa shape index (κ2) is 8.19. The number of nitrogens with zero attached hydrogens (tertiary/aromatic N) is 3. The lowest BCUT2D eigenvalue weighted by molar-refractivity contribution is -0.131. The maximum Gasteiger partial charge on any atom is 0.236 e. The summed E-state index contributed by atoms with van der Waals surface area (Å²) in [6.07, 6.45) is 0. The number of phenols is 1. The highest BCUT2D eigenvalue weighted by molar-refractivity contribution is 5.78. The van der Waals surface area contributed by atoms with E-state index in [0.29, 0.717) is 13.1 Å². The second-order valence-corrected chi connectivity index (χ2v) is 6.66. The summed E-state index contributed by atoms with van der Waals surface area (Å²) in [5.41, 5.74) is 1.87. The lowest BCUT2D eigenvalue weighted by Crippen LogP contribution is -2.49. The van der Waals surface area contributed by atoms with Gasteiger partial charge in [0, 0.05) is 45.5 Å². The van der Waals surface area contributed by atoms with Crippen LogP contribution in [-0.2, 0) is 11.3 Å². The van der Waals surface area contributed by atoms with Crippen molar-refractivity contribution in [3.63, 3.8) is 0 Å². The maximum atomic E-state index is 13.3. The molecule has 0 bridgehead atoms. The van der Waals surface area contributed by atoms with Gasteiger partial charge in [0.1, 0.15) is 11.6 Å². The molecular formula is C20H24FN3O2. The van der Waals surface area contributed by atoms with E-state index in [4.69, 9.17) is 0 Å². The fourth-order valence-corrected chi connectivity index (χ4v) is 3.14. The highest BCUT2D eigenvalue weighted by Crippen LogP contribution is 2.19. The summed E-state index contributed by atoms with van der Waals surface area (Å²) >= 11 is 0. The number of hydrogen-bond donors (Lipinski definition) is 1. The molecule has 1 amide bonds. The number of halogens is 1. The molecule has 0 saturated carbocycles. The number of hydrogen-bond acceptors (Lipinski definition) is 4. The van der Waals surface area contributed by atoms with E-state index in [1.807, 2.05) is 18.2 Å². The van der Waals surface area contributed by atoms with Crippen molar-refractivity contribution in [2.75, 3.05) is 44.7 Å². The van der Waals surface area contributed by atoms with Gasteiger partial charge in [0.05, 0.1) is 6.54 Å². The summed E-state index contributed by atoms with van der Waals surface area (Å²) < 4.78 is 13.3. The molecule has 2 aromatic carbocycles. The molecule has 6 heteroatoms.